The predicted molar refractivity (Wildman–Crippen MR) is 87.7 cm³/mol. The Kier molecular flexibility index (Phi) is 6.57. The minimum atomic E-state index is -0.670. The molecule has 2 N–H and O–H groups in total. The molecule has 1 heterocycles. The maximum absolute atomic E-state index is 10.7. The van der Waals surface area contributed by atoms with Gasteiger partial charge in [0.1, 0.15) is 6.10 Å². The largest absolute Gasteiger partial charge is 0.446 e. The van der Waals surface area contributed by atoms with Gasteiger partial charge in [-0.15, -0.1) is 0 Å². The molecule has 0 radical (unpaired) electrons. The van der Waals surface area contributed by atoms with Crippen LogP contribution in [0.15, 0.2) is 24.3 Å². The van der Waals surface area contributed by atoms with E-state index in [1.165, 1.54) is 0 Å². The maximum atomic E-state index is 10.7. The molecule has 0 aliphatic carbocycles. The number of nitrogens with zero attached hydrogens (tertiary/aromatic N) is 1. The van der Waals surface area contributed by atoms with E-state index in [1.54, 1.807) is 0 Å². The SMILES string of the molecule is NC(=O)OC1CCN(CCCC#Cc2ccc(Cl)cc2)CC1. The maximum Gasteiger partial charge on any atom is 0.404 e. The van der Waals surface area contributed by atoms with E-state index in [1.807, 2.05) is 24.3 Å². The molecule has 0 saturated carbocycles. The molecule has 0 unspecified atom stereocenters. The summed E-state index contributed by atoms with van der Waals surface area (Å²) in [5.74, 6) is 6.33. The number of carbonyl (C=O) groups excluding carboxylic acids is 1. The van der Waals surface area contributed by atoms with Crippen molar-refractivity contribution >= 4 is 17.7 Å². The van der Waals surface area contributed by atoms with Crippen molar-refractivity contribution in [3.05, 3.63) is 34.9 Å². The minimum absolute atomic E-state index is 0.0153. The molecule has 2 rings (SSSR count). The number of benzene rings is 1. The third-order valence-corrected chi connectivity index (χ3v) is 3.92. The van der Waals surface area contributed by atoms with Gasteiger partial charge in [-0.3, -0.25) is 0 Å². The number of nitrogens with two attached hydrogens (primary N) is 1. The van der Waals surface area contributed by atoms with Gasteiger partial charge in [-0.1, -0.05) is 23.4 Å². The molecule has 5 heteroatoms. The summed E-state index contributed by atoms with van der Waals surface area (Å²) in [6.45, 7) is 2.92. The lowest BCUT2D eigenvalue weighted by molar-refractivity contribution is 0.0561. The Hall–Kier alpha value is -1.70. The number of hydrogen-bond donors (Lipinski definition) is 1. The number of rotatable bonds is 4. The van der Waals surface area contributed by atoms with Crippen LogP contribution in [0, 0.1) is 11.8 Å². The quantitative estimate of drug-likeness (QED) is 0.685. The first-order chi connectivity index (χ1) is 10.6. The van der Waals surface area contributed by atoms with Gasteiger partial charge in [0.2, 0.25) is 0 Å². The summed E-state index contributed by atoms with van der Waals surface area (Å²) < 4.78 is 5.02. The second kappa shape index (κ2) is 8.67. The van der Waals surface area contributed by atoms with Crippen LogP contribution < -0.4 is 5.73 Å². The number of hydrogen-bond acceptors (Lipinski definition) is 3. The van der Waals surface area contributed by atoms with Crippen LogP contribution in [0.5, 0.6) is 0 Å². The molecule has 0 bridgehead atoms. The molecule has 0 atom stereocenters. The van der Waals surface area contributed by atoms with Crippen molar-refractivity contribution in [2.45, 2.75) is 31.8 Å². The number of piperidine rings is 1. The zero-order valence-corrected chi connectivity index (χ0v) is 13.3. The summed E-state index contributed by atoms with van der Waals surface area (Å²) in [5, 5.41) is 0.731. The van der Waals surface area contributed by atoms with Crippen LogP contribution in [0.1, 0.15) is 31.2 Å². The summed E-state index contributed by atoms with van der Waals surface area (Å²) in [6, 6.07) is 7.56. The smallest absolute Gasteiger partial charge is 0.404 e. The molecule has 1 aliphatic rings. The Bertz CT molecular complexity index is 540. The van der Waals surface area contributed by atoms with Gasteiger partial charge in [-0.2, -0.15) is 0 Å². The van der Waals surface area contributed by atoms with Crippen molar-refractivity contribution in [3.8, 4) is 11.8 Å². The highest BCUT2D eigenvalue weighted by molar-refractivity contribution is 6.30. The fourth-order valence-corrected chi connectivity index (χ4v) is 2.63. The van der Waals surface area contributed by atoms with Crippen molar-refractivity contribution < 1.29 is 9.53 Å². The fourth-order valence-electron chi connectivity index (χ4n) is 2.50. The monoisotopic (exact) mass is 320 g/mol. The van der Waals surface area contributed by atoms with Crippen molar-refractivity contribution in [2.24, 2.45) is 5.73 Å². The molecule has 0 aromatic heterocycles. The van der Waals surface area contributed by atoms with Crippen LogP contribution in [0.3, 0.4) is 0 Å². The first-order valence-corrected chi connectivity index (χ1v) is 7.94. The van der Waals surface area contributed by atoms with E-state index in [4.69, 9.17) is 22.1 Å². The summed E-state index contributed by atoms with van der Waals surface area (Å²) in [6.07, 6.45) is 2.95. The molecule has 22 heavy (non-hydrogen) atoms. The molecule has 1 fully saturated rings. The number of likely N-dealkylation sites (tertiary alicyclic amines) is 1. The Morgan fingerprint density at radius 1 is 1.32 bits per heavy atom. The second-order valence-corrected chi connectivity index (χ2v) is 5.83. The highest BCUT2D eigenvalue weighted by Gasteiger charge is 2.20. The lowest BCUT2D eigenvalue weighted by Gasteiger charge is -2.30. The van der Waals surface area contributed by atoms with Gasteiger partial charge >= 0.3 is 6.09 Å². The van der Waals surface area contributed by atoms with Crippen LogP contribution in [0.25, 0.3) is 0 Å². The molecule has 1 saturated heterocycles. The first kappa shape index (κ1) is 16.7. The van der Waals surface area contributed by atoms with Gasteiger partial charge in [0.15, 0.2) is 0 Å². The highest BCUT2D eigenvalue weighted by Crippen LogP contribution is 2.14. The molecule has 1 aromatic carbocycles. The van der Waals surface area contributed by atoms with Crippen molar-refractivity contribution in [2.75, 3.05) is 19.6 Å². The van der Waals surface area contributed by atoms with Crippen LogP contribution >= 0.6 is 11.6 Å². The number of primary amides is 1. The Morgan fingerprint density at radius 3 is 2.64 bits per heavy atom. The molecular weight excluding hydrogens is 300 g/mol. The highest BCUT2D eigenvalue weighted by atomic mass is 35.5. The van der Waals surface area contributed by atoms with Crippen LogP contribution in [0.4, 0.5) is 4.79 Å². The zero-order valence-electron chi connectivity index (χ0n) is 12.6. The average molecular weight is 321 g/mol. The van der Waals surface area contributed by atoms with Gasteiger partial charge in [0.05, 0.1) is 0 Å². The van der Waals surface area contributed by atoms with Gasteiger partial charge < -0.3 is 15.4 Å². The zero-order chi connectivity index (χ0) is 15.8. The van der Waals surface area contributed by atoms with E-state index >= 15 is 0 Å². The Balaban J connectivity index is 1.62. The summed E-state index contributed by atoms with van der Waals surface area (Å²) in [5.41, 5.74) is 6.02. The second-order valence-electron chi connectivity index (χ2n) is 5.39. The number of ether oxygens (including phenoxy) is 1. The van der Waals surface area contributed by atoms with Gasteiger partial charge in [-0.05, 0) is 50.1 Å². The lowest BCUT2D eigenvalue weighted by atomic mass is 10.1. The molecule has 1 aliphatic heterocycles. The molecule has 1 amide bonds. The van der Waals surface area contributed by atoms with E-state index in [0.717, 1.165) is 55.9 Å². The number of carbonyl (C=O) groups is 1. The van der Waals surface area contributed by atoms with Crippen LogP contribution in [0.2, 0.25) is 5.02 Å². The number of halogens is 1. The lowest BCUT2D eigenvalue weighted by Crippen LogP contribution is -2.39. The molecule has 4 nitrogen and oxygen atoms in total. The van der Waals surface area contributed by atoms with E-state index in [0.29, 0.717) is 0 Å². The average Bonchev–Trinajstić information content (AvgIpc) is 2.50. The molecule has 118 valence electrons. The van der Waals surface area contributed by atoms with Gasteiger partial charge in [0.25, 0.3) is 0 Å². The third-order valence-electron chi connectivity index (χ3n) is 3.67. The van der Waals surface area contributed by atoms with Crippen molar-refractivity contribution in [3.63, 3.8) is 0 Å². The summed E-state index contributed by atoms with van der Waals surface area (Å²) >= 11 is 5.83. The molecule has 0 spiro atoms. The van der Waals surface area contributed by atoms with Crippen molar-refractivity contribution in [1.29, 1.82) is 0 Å². The molecular formula is C17H21ClN2O2. The van der Waals surface area contributed by atoms with E-state index in [2.05, 4.69) is 16.7 Å². The van der Waals surface area contributed by atoms with Crippen LogP contribution in [-0.2, 0) is 4.74 Å². The normalized spacial score (nSPS) is 15.9. The fraction of sp³-hybridized carbons (Fsp3) is 0.471. The Labute approximate surface area is 136 Å². The van der Waals surface area contributed by atoms with E-state index in [-0.39, 0.29) is 6.10 Å². The minimum Gasteiger partial charge on any atom is -0.446 e. The summed E-state index contributed by atoms with van der Waals surface area (Å²) in [7, 11) is 0. The number of unbranched alkanes of at least 4 members (excludes halogenated alkanes) is 1. The molecule has 1 aromatic rings. The third kappa shape index (κ3) is 5.97. The van der Waals surface area contributed by atoms with Crippen molar-refractivity contribution in [1.82, 2.24) is 4.90 Å². The topological polar surface area (TPSA) is 55.6 Å². The van der Waals surface area contributed by atoms with Gasteiger partial charge in [0, 0.05) is 30.1 Å². The van der Waals surface area contributed by atoms with Gasteiger partial charge in [-0.25, -0.2) is 4.79 Å². The van der Waals surface area contributed by atoms with E-state index < -0.39 is 6.09 Å². The number of amides is 1. The first-order valence-electron chi connectivity index (χ1n) is 7.56. The van der Waals surface area contributed by atoms with Crippen LogP contribution in [-0.4, -0.2) is 36.7 Å². The van der Waals surface area contributed by atoms with E-state index in [9.17, 15) is 4.79 Å². The predicted octanol–water partition coefficient (Wildman–Crippen LogP) is 3.03. The summed E-state index contributed by atoms with van der Waals surface area (Å²) in [4.78, 5) is 13.1. The standard InChI is InChI=1S/C17H21ClN2O2/c18-15-7-5-14(6-8-15)4-2-1-3-11-20-12-9-16(10-13-20)22-17(19)21/h5-8,16H,1,3,9-13H2,(H2,19,21). The Morgan fingerprint density at radius 2 is 2.00 bits per heavy atom.